The lowest BCUT2D eigenvalue weighted by Crippen LogP contribution is -2.32. The number of para-hydroxylation sites is 1. The minimum Gasteiger partial charge on any atom is -0.330 e. The van der Waals surface area contributed by atoms with Crippen LogP contribution in [0.25, 0.3) is 21.9 Å². The van der Waals surface area contributed by atoms with Crippen molar-refractivity contribution in [2.45, 2.75) is 240 Å². The van der Waals surface area contributed by atoms with Gasteiger partial charge in [-0.2, -0.15) is 0 Å². The molecule has 3 aromatic rings. The number of fused-ring (bicyclic) bond motifs is 3. The second-order valence-electron chi connectivity index (χ2n) is 19.4. The monoisotopic (exact) mass is 859 g/mol. The molecule has 1 amide bonds. The Balaban J connectivity index is 1.36. The van der Waals surface area contributed by atoms with Gasteiger partial charge in [-0.25, -0.2) is 9.97 Å². The van der Waals surface area contributed by atoms with Crippen LogP contribution in [0.2, 0.25) is 0 Å². The molecule has 1 N–H and O–H groups in total. The van der Waals surface area contributed by atoms with Gasteiger partial charge in [0.2, 0.25) is 5.91 Å². The third-order valence-electron chi connectivity index (χ3n) is 13.2. The fourth-order valence-electron chi connectivity index (χ4n) is 9.38. The molecule has 7 nitrogen and oxygen atoms in total. The quantitative estimate of drug-likeness (QED) is 0.0575. The molecule has 0 aliphatic heterocycles. The van der Waals surface area contributed by atoms with Gasteiger partial charge in [0.1, 0.15) is 5.52 Å². The largest absolute Gasteiger partial charge is 0.330 e. The second-order valence-corrected chi connectivity index (χ2v) is 19.4. The predicted octanol–water partition coefficient (Wildman–Crippen LogP) is 15.9. The van der Waals surface area contributed by atoms with Crippen molar-refractivity contribution in [1.29, 1.82) is 0 Å². The summed E-state index contributed by atoms with van der Waals surface area (Å²) in [5, 5.41) is 4.24. The molecular formula is C55H98N6O. The van der Waals surface area contributed by atoms with E-state index in [9.17, 15) is 4.79 Å². The van der Waals surface area contributed by atoms with E-state index in [1.54, 1.807) is 0 Å². The van der Waals surface area contributed by atoms with Crippen molar-refractivity contribution >= 4 is 33.7 Å². The molecule has 0 aliphatic rings. The molecule has 7 heteroatoms. The van der Waals surface area contributed by atoms with Gasteiger partial charge in [-0.05, 0) is 83.4 Å². The highest BCUT2D eigenvalue weighted by atomic mass is 16.1. The molecule has 1 aromatic carbocycles. The Hall–Kier alpha value is -2.51. The van der Waals surface area contributed by atoms with Gasteiger partial charge in [-0.3, -0.25) is 4.79 Å². The summed E-state index contributed by atoms with van der Waals surface area (Å²) >= 11 is 0. The number of carbonyl (C=O) groups excluding carboxylic acids is 1. The van der Waals surface area contributed by atoms with E-state index < -0.39 is 0 Å². The van der Waals surface area contributed by atoms with Crippen LogP contribution in [0, 0.1) is 5.92 Å². The number of benzene rings is 1. The number of nitrogens with one attached hydrogen (secondary N) is 1. The molecule has 0 spiro atoms. The highest BCUT2D eigenvalue weighted by molar-refractivity contribution is 6.09. The number of imidazole rings is 1. The summed E-state index contributed by atoms with van der Waals surface area (Å²) in [6, 6.07) is 8.20. The highest BCUT2D eigenvalue weighted by Crippen LogP contribution is 2.29. The van der Waals surface area contributed by atoms with E-state index in [0.717, 1.165) is 54.3 Å². The number of amides is 1. The smallest absolute Gasteiger partial charge is 0.225 e. The van der Waals surface area contributed by atoms with Crippen LogP contribution in [-0.2, 0) is 11.3 Å². The number of nitrogens with zero attached hydrogens (tertiary/aromatic N) is 5. The number of hydrogen-bond donors (Lipinski definition) is 1. The Bertz CT molecular complexity index is 1520. The van der Waals surface area contributed by atoms with Crippen LogP contribution in [0.3, 0.4) is 0 Å². The normalized spacial score (nSPS) is 12.0. The predicted molar refractivity (Wildman–Crippen MR) is 272 cm³/mol. The van der Waals surface area contributed by atoms with Crippen LogP contribution in [0.4, 0.5) is 5.82 Å². The third kappa shape index (κ3) is 24.0. The van der Waals surface area contributed by atoms with E-state index >= 15 is 0 Å². The van der Waals surface area contributed by atoms with Crippen molar-refractivity contribution in [3.8, 4) is 0 Å². The van der Waals surface area contributed by atoms with Gasteiger partial charge in [0.05, 0.1) is 17.4 Å². The molecule has 354 valence electrons. The summed E-state index contributed by atoms with van der Waals surface area (Å²) in [5.74, 6) is 1.12. The maximum absolute atomic E-state index is 13.3. The Morgan fingerprint density at radius 3 is 1.50 bits per heavy atom. The van der Waals surface area contributed by atoms with Gasteiger partial charge in [0, 0.05) is 18.4 Å². The minimum absolute atomic E-state index is 0.0412. The summed E-state index contributed by atoms with van der Waals surface area (Å²) in [6.07, 6.45) is 43.5. The van der Waals surface area contributed by atoms with Crippen LogP contribution in [-0.4, -0.2) is 69.5 Å². The Labute approximate surface area is 382 Å². The molecular weight excluding hydrogens is 761 g/mol. The average Bonchev–Trinajstić information content (AvgIpc) is 3.69. The molecule has 0 fully saturated rings. The summed E-state index contributed by atoms with van der Waals surface area (Å²) in [7, 11) is 0. The van der Waals surface area contributed by atoms with Crippen LogP contribution in [0.15, 0.2) is 30.6 Å². The van der Waals surface area contributed by atoms with E-state index in [4.69, 9.17) is 9.97 Å². The number of aromatic nitrogens is 3. The lowest BCUT2D eigenvalue weighted by atomic mass is 10.0. The fraction of sp³-hybridized carbons (Fsp3) is 0.800. The van der Waals surface area contributed by atoms with Crippen molar-refractivity contribution in [3.63, 3.8) is 0 Å². The zero-order chi connectivity index (χ0) is 44.3. The average molecular weight is 859 g/mol. The van der Waals surface area contributed by atoms with Crippen molar-refractivity contribution < 1.29 is 4.79 Å². The lowest BCUT2D eigenvalue weighted by molar-refractivity contribution is -0.116. The van der Waals surface area contributed by atoms with E-state index in [0.29, 0.717) is 18.2 Å². The van der Waals surface area contributed by atoms with Crippen LogP contribution in [0.5, 0.6) is 0 Å². The summed E-state index contributed by atoms with van der Waals surface area (Å²) in [6.45, 7) is 19.5. The molecule has 2 heterocycles. The number of pyridine rings is 1. The zero-order valence-corrected chi connectivity index (χ0v) is 41.5. The number of carbonyl (C=O) groups is 1. The van der Waals surface area contributed by atoms with Crippen molar-refractivity contribution in [1.82, 2.24) is 24.3 Å². The Kier molecular flexibility index (Phi) is 31.1. The van der Waals surface area contributed by atoms with Crippen molar-refractivity contribution in [2.75, 3.05) is 44.6 Å². The number of anilines is 1. The van der Waals surface area contributed by atoms with Gasteiger partial charge in [-0.15, -0.1) is 0 Å². The van der Waals surface area contributed by atoms with Crippen molar-refractivity contribution in [3.05, 3.63) is 30.6 Å². The van der Waals surface area contributed by atoms with Gasteiger partial charge in [-0.1, -0.05) is 213 Å². The summed E-state index contributed by atoms with van der Waals surface area (Å²) < 4.78 is 2.21. The maximum atomic E-state index is 13.3. The minimum atomic E-state index is 0.0412. The molecule has 0 saturated heterocycles. The zero-order valence-electron chi connectivity index (χ0n) is 41.5. The second kappa shape index (κ2) is 35.8. The van der Waals surface area contributed by atoms with E-state index in [1.807, 2.05) is 18.5 Å². The first-order valence-corrected chi connectivity index (χ1v) is 26.9. The standard InChI is InChI=1S/C55H98N6O/c1-6-9-11-13-15-17-19-21-23-25-27-29-35-42-59(8-3)45-38-46-60(43-36-30-28-26-24-22-20-18-16-14-12-10-7-2)44-37-31-32-41-52(62)58-55-53-54(61(48-56-53)47-49(4)5)50-39-33-34-40-51(50)57-55/h33-34,39-40,48-49H,6-32,35-38,41-47H2,1-5H3,(H,57,58,62). The maximum Gasteiger partial charge on any atom is 0.225 e. The number of unbranched alkanes of at least 4 members (excludes halogenated alkanes) is 26. The van der Waals surface area contributed by atoms with Crippen molar-refractivity contribution in [2.24, 2.45) is 5.92 Å². The number of hydrogen-bond acceptors (Lipinski definition) is 5. The fourth-order valence-corrected chi connectivity index (χ4v) is 9.38. The summed E-state index contributed by atoms with van der Waals surface area (Å²) in [5.41, 5.74) is 2.74. The molecule has 0 radical (unpaired) electrons. The first-order chi connectivity index (χ1) is 30.5. The molecule has 0 aliphatic carbocycles. The first-order valence-electron chi connectivity index (χ1n) is 26.9. The van der Waals surface area contributed by atoms with Crippen LogP contribution >= 0.6 is 0 Å². The third-order valence-corrected chi connectivity index (χ3v) is 13.2. The number of rotatable bonds is 42. The van der Waals surface area contributed by atoms with E-state index in [1.165, 1.54) is 206 Å². The summed E-state index contributed by atoms with van der Waals surface area (Å²) in [4.78, 5) is 28.3. The Morgan fingerprint density at radius 2 is 1.00 bits per heavy atom. The molecule has 3 rings (SSSR count). The lowest BCUT2D eigenvalue weighted by Gasteiger charge is -2.25. The first kappa shape index (κ1) is 53.8. The van der Waals surface area contributed by atoms with Crippen LogP contribution < -0.4 is 5.32 Å². The molecule has 0 unspecified atom stereocenters. The Morgan fingerprint density at radius 1 is 0.565 bits per heavy atom. The van der Waals surface area contributed by atoms with Gasteiger partial charge >= 0.3 is 0 Å². The SMILES string of the molecule is CCCCCCCCCCCCCCCN(CC)CCCN(CCCCCCCCCCCCCCC)CCCCCC(=O)Nc1nc2ccccc2c2c1ncn2CC(C)C. The molecule has 0 bridgehead atoms. The van der Waals surface area contributed by atoms with Gasteiger partial charge < -0.3 is 19.7 Å². The molecule has 2 aromatic heterocycles. The van der Waals surface area contributed by atoms with E-state index in [2.05, 4.69) is 66.4 Å². The highest BCUT2D eigenvalue weighted by Gasteiger charge is 2.17. The van der Waals surface area contributed by atoms with E-state index in [-0.39, 0.29) is 5.91 Å². The topological polar surface area (TPSA) is 66.3 Å². The van der Waals surface area contributed by atoms with Gasteiger partial charge in [0.25, 0.3) is 0 Å². The molecule has 62 heavy (non-hydrogen) atoms. The van der Waals surface area contributed by atoms with Crippen LogP contribution in [0.1, 0.15) is 234 Å². The molecule has 0 saturated carbocycles. The van der Waals surface area contributed by atoms with Gasteiger partial charge in [0.15, 0.2) is 5.82 Å². The molecule has 0 atom stereocenters.